The first-order valence-electron chi connectivity index (χ1n) is 6.34. The van der Waals surface area contributed by atoms with Crippen LogP contribution in [0.1, 0.15) is 36.9 Å². The lowest BCUT2D eigenvalue weighted by Gasteiger charge is -2.32. The fraction of sp³-hybridized carbons (Fsp3) is 0.500. The van der Waals surface area contributed by atoms with E-state index in [1.165, 1.54) is 7.11 Å². The highest BCUT2D eigenvalue weighted by atomic mass is 35.5. The average Bonchev–Trinajstić information content (AvgIpc) is 2.40. The summed E-state index contributed by atoms with van der Waals surface area (Å²) in [5, 5.41) is 2.17. The Morgan fingerprint density at radius 2 is 2.10 bits per heavy atom. The zero-order chi connectivity index (χ0) is 14.9. The van der Waals surface area contributed by atoms with Crippen molar-refractivity contribution in [2.45, 2.75) is 31.7 Å². The molecular formula is C14H18ClF2NO3. The SMILES string of the molecule is COc1ccc(C(C)C)cc1[C@@H]1NC(=O)OCC1(F)F.Cl. The number of methoxy groups -OCH3 is 1. The number of ether oxygens (including phenoxy) is 2. The van der Waals surface area contributed by atoms with E-state index in [0.717, 1.165) is 5.56 Å². The van der Waals surface area contributed by atoms with E-state index in [-0.39, 0.29) is 23.9 Å². The maximum Gasteiger partial charge on any atom is 0.408 e. The molecule has 2 rings (SSSR count). The second-order valence-electron chi connectivity index (χ2n) is 5.07. The van der Waals surface area contributed by atoms with Crippen molar-refractivity contribution in [3.8, 4) is 5.75 Å². The molecule has 1 atom stereocenters. The molecule has 1 fully saturated rings. The quantitative estimate of drug-likeness (QED) is 0.924. The van der Waals surface area contributed by atoms with E-state index >= 15 is 0 Å². The average molecular weight is 322 g/mol. The van der Waals surface area contributed by atoms with Crippen LogP contribution in [0.4, 0.5) is 13.6 Å². The highest BCUT2D eigenvalue weighted by Crippen LogP contribution is 2.39. The van der Waals surface area contributed by atoms with E-state index in [1.807, 2.05) is 19.9 Å². The summed E-state index contributed by atoms with van der Waals surface area (Å²) in [6.07, 6.45) is -0.849. The van der Waals surface area contributed by atoms with Gasteiger partial charge in [0.2, 0.25) is 0 Å². The second kappa shape index (κ2) is 6.47. The van der Waals surface area contributed by atoms with Gasteiger partial charge < -0.3 is 14.8 Å². The van der Waals surface area contributed by atoms with Gasteiger partial charge in [0, 0.05) is 5.56 Å². The Bertz CT molecular complexity index is 523. The van der Waals surface area contributed by atoms with Crippen LogP contribution >= 0.6 is 12.4 Å². The number of cyclic esters (lactones) is 1. The molecule has 1 saturated heterocycles. The molecule has 0 aromatic heterocycles. The maximum absolute atomic E-state index is 14.0. The molecule has 1 heterocycles. The summed E-state index contributed by atoms with van der Waals surface area (Å²) < 4.78 is 37.5. The number of carbonyl (C=O) groups is 1. The van der Waals surface area contributed by atoms with Gasteiger partial charge in [-0.2, -0.15) is 0 Å². The molecule has 4 nitrogen and oxygen atoms in total. The fourth-order valence-corrected chi connectivity index (χ4v) is 2.15. The Balaban J connectivity index is 0.00000220. The molecule has 0 unspecified atom stereocenters. The van der Waals surface area contributed by atoms with Gasteiger partial charge in [-0.15, -0.1) is 12.4 Å². The van der Waals surface area contributed by atoms with Gasteiger partial charge in [0.05, 0.1) is 7.11 Å². The van der Waals surface area contributed by atoms with Crippen LogP contribution in [0.15, 0.2) is 18.2 Å². The predicted molar refractivity (Wildman–Crippen MR) is 76.5 cm³/mol. The molecule has 0 bridgehead atoms. The van der Waals surface area contributed by atoms with Crippen molar-refractivity contribution in [2.24, 2.45) is 0 Å². The Morgan fingerprint density at radius 1 is 1.43 bits per heavy atom. The first-order chi connectivity index (χ1) is 9.35. The fourth-order valence-electron chi connectivity index (χ4n) is 2.15. The Kier molecular flexibility index (Phi) is 5.39. The number of alkyl carbamates (subject to hydrolysis) is 1. The monoisotopic (exact) mass is 321 g/mol. The van der Waals surface area contributed by atoms with Gasteiger partial charge in [-0.25, -0.2) is 13.6 Å². The lowest BCUT2D eigenvalue weighted by molar-refractivity contribution is -0.104. The Morgan fingerprint density at radius 3 is 2.67 bits per heavy atom. The molecule has 7 heteroatoms. The smallest absolute Gasteiger partial charge is 0.408 e. The van der Waals surface area contributed by atoms with Crippen LogP contribution in [-0.4, -0.2) is 25.7 Å². The molecule has 0 spiro atoms. The van der Waals surface area contributed by atoms with Gasteiger partial charge >= 0.3 is 12.0 Å². The molecule has 1 N–H and O–H groups in total. The third-order valence-corrected chi connectivity index (χ3v) is 3.31. The molecule has 1 aromatic rings. The summed E-state index contributed by atoms with van der Waals surface area (Å²) in [7, 11) is 1.41. The Hall–Kier alpha value is -1.56. The van der Waals surface area contributed by atoms with Gasteiger partial charge in [0.25, 0.3) is 0 Å². The van der Waals surface area contributed by atoms with Crippen molar-refractivity contribution in [3.63, 3.8) is 0 Å². The van der Waals surface area contributed by atoms with Crippen LogP contribution in [0.2, 0.25) is 0 Å². The number of halogens is 3. The normalized spacial score (nSPS) is 20.3. The van der Waals surface area contributed by atoms with Crippen molar-refractivity contribution in [2.75, 3.05) is 13.7 Å². The molecule has 1 amide bonds. The van der Waals surface area contributed by atoms with Crippen LogP contribution in [-0.2, 0) is 4.74 Å². The third-order valence-electron chi connectivity index (χ3n) is 3.31. The van der Waals surface area contributed by atoms with Crippen molar-refractivity contribution in [3.05, 3.63) is 29.3 Å². The molecular weight excluding hydrogens is 304 g/mol. The molecule has 0 saturated carbocycles. The van der Waals surface area contributed by atoms with Crippen molar-refractivity contribution in [1.29, 1.82) is 0 Å². The number of alkyl halides is 2. The van der Waals surface area contributed by atoms with Crippen LogP contribution in [0.3, 0.4) is 0 Å². The number of nitrogens with one attached hydrogen (secondary N) is 1. The van der Waals surface area contributed by atoms with E-state index in [9.17, 15) is 13.6 Å². The lowest BCUT2D eigenvalue weighted by Crippen LogP contribution is -2.49. The summed E-state index contributed by atoms with van der Waals surface area (Å²) in [5.41, 5.74) is 1.16. The first kappa shape index (κ1) is 17.5. The number of carbonyl (C=O) groups excluding carboxylic acids is 1. The number of rotatable bonds is 3. The van der Waals surface area contributed by atoms with E-state index < -0.39 is 24.7 Å². The largest absolute Gasteiger partial charge is 0.496 e. The van der Waals surface area contributed by atoms with E-state index in [1.54, 1.807) is 12.1 Å². The minimum atomic E-state index is -3.18. The molecule has 1 aromatic carbocycles. The number of amides is 1. The van der Waals surface area contributed by atoms with Crippen LogP contribution in [0, 0.1) is 0 Å². The summed E-state index contributed by atoms with van der Waals surface area (Å²) >= 11 is 0. The molecule has 1 aliphatic rings. The van der Waals surface area contributed by atoms with E-state index in [0.29, 0.717) is 5.75 Å². The maximum atomic E-state index is 14.0. The van der Waals surface area contributed by atoms with Crippen LogP contribution < -0.4 is 10.1 Å². The van der Waals surface area contributed by atoms with Gasteiger partial charge in [-0.1, -0.05) is 19.9 Å². The number of hydrogen-bond donors (Lipinski definition) is 1. The molecule has 118 valence electrons. The molecule has 0 aliphatic carbocycles. The van der Waals surface area contributed by atoms with Gasteiger partial charge in [0.15, 0.2) is 6.61 Å². The lowest BCUT2D eigenvalue weighted by atomic mass is 9.93. The standard InChI is InChI=1S/C14H17F2NO3.ClH/c1-8(2)9-4-5-11(19-3)10(6-9)12-14(15,16)7-20-13(18)17-12;/h4-6,8,12H,7H2,1-3H3,(H,17,18);1H/t12-;/m0./s1. The van der Waals surface area contributed by atoms with Crippen molar-refractivity contribution >= 4 is 18.5 Å². The summed E-state index contributed by atoms with van der Waals surface area (Å²) in [5.74, 6) is -2.68. The first-order valence-corrected chi connectivity index (χ1v) is 6.34. The van der Waals surface area contributed by atoms with Crippen LogP contribution in [0.25, 0.3) is 0 Å². The highest BCUT2D eigenvalue weighted by molar-refractivity contribution is 5.85. The third kappa shape index (κ3) is 3.56. The minimum Gasteiger partial charge on any atom is -0.496 e. The molecule has 21 heavy (non-hydrogen) atoms. The van der Waals surface area contributed by atoms with Crippen molar-refractivity contribution in [1.82, 2.24) is 5.32 Å². The van der Waals surface area contributed by atoms with Crippen LogP contribution in [0.5, 0.6) is 5.75 Å². The zero-order valence-electron chi connectivity index (χ0n) is 12.0. The Labute approximate surface area is 128 Å². The summed E-state index contributed by atoms with van der Waals surface area (Å²) in [6.45, 7) is 3.00. The minimum absolute atomic E-state index is 0. The van der Waals surface area contributed by atoms with Gasteiger partial charge in [0.1, 0.15) is 11.8 Å². The van der Waals surface area contributed by atoms with Crippen molar-refractivity contribution < 1.29 is 23.0 Å². The summed E-state index contributed by atoms with van der Waals surface area (Å²) in [4.78, 5) is 11.2. The van der Waals surface area contributed by atoms with E-state index in [4.69, 9.17) is 4.74 Å². The number of benzene rings is 1. The highest BCUT2D eigenvalue weighted by Gasteiger charge is 2.48. The van der Waals surface area contributed by atoms with Gasteiger partial charge in [-0.3, -0.25) is 0 Å². The van der Waals surface area contributed by atoms with E-state index in [2.05, 4.69) is 10.1 Å². The number of hydrogen-bond acceptors (Lipinski definition) is 3. The zero-order valence-corrected chi connectivity index (χ0v) is 12.8. The topological polar surface area (TPSA) is 47.6 Å². The summed E-state index contributed by atoms with van der Waals surface area (Å²) in [6, 6.07) is 3.67. The second-order valence-corrected chi connectivity index (χ2v) is 5.07. The predicted octanol–water partition coefficient (Wildman–Crippen LogP) is 3.66. The molecule has 0 radical (unpaired) electrons. The molecule has 1 aliphatic heterocycles. The van der Waals surface area contributed by atoms with Gasteiger partial charge in [-0.05, 0) is 23.6 Å².